The summed E-state index contributed by atoms with van der Waals surface area (Å²) in [4.78, 5) is 14.0. The minimum atomic E-state index is -3.30. The van der Waals surface area contributed by atoms with Gasteiger partial charge in [0, 0.05) is 13.1 Å². The lowest BCUT2D eigenvalue weighted by atomic mass is 10.1. The van der Waals surface area contributed by atoms with Crippen molar-refractivity contribution in [2.24, 2.45) is 0 Å². The van der Waals surface area contributed by atoms with Gasteiger partial charge in [0.2, 0.25) is 0 Å². The van der Waals surface area contributed by atoms with E-state index in [-0.39, 0.29) is 6.09 Å². The van der Waals surface area contributed by atoms with Crippen LogP contribution in [0.3, 0.4) is 0 Å². The van der Waals surface area contributed by atoms with E-state index in [4.69, 9.17) is 4.74 Å². The largest absolute Gasteiger partial charge is 0.444 e. The van der Waals surface area contributed by atoms with Gasteiger partial charge in [0.15, 0.2) is 9.84 Å². The van der Waals surface area contributed by atoms with E-state index in [1.165, 1.54) is 0 Å². The number of ether oxygens (including phenoxy) is 1. The van der Waals surface area contributed by atoms with E-state index in [9.17, 15) is 13.2 Å². The number of sulfone groups is 1. The Morgan fingerprint density at radius 2 is 1.77 bits per heavy atom. The molecule has 0 fully saturated rings. The maximum atomic E-state index is 12.2. The molecule has 0 radical (unpaired) electrons. The zero-order chi connectivity index (χ0) is 16.7. The number of carbonyl (C=O) groups is 1. The van der Waals surface area contributed by atoms with E-state index in [1.54, 1.807) is 36.9 Å². The standard InChI is InChI=1S/C16H23NO4S/c1-11(2)22(19,20)14-7-6-12-9-17(10-13(12)8-14)15(18)21-16(3,4)5/h6-8,11H,9-10H2,1-5H3. The molecule has 0 bridgehead atoms. The van der Waals surface area contributed by atoms with Crippen LogP contribution in [0.15, 0.2) is 23.1 Å². The molecule has 0 saturated heterocycles. The molecule has 0 saturated carbocycles. The summed E-state index contributed by atoms with van der Waals surface area (Å²) >= 11 is 0. The molecule has 1 aliphatic heterocycles. The Balaban J connectivity index is 2.21. The monoisotopic (exact) mass is 325 g/mol. The van der Waals surface area contributed by atoms with Gasteiger partial charge in [-0.05, 0) is 57.9 Å². The molecule has 122 valence electrons. The molecule has 1 aromatic rings. The zero-order valence-corrected chi connectivity index (χ0v) is 14.5. The highest BCUT2D eigenvalue weighted by Gasteiger charge is 2.29. The van der Waals surface area contributed by atoms with E-state index < -0.39 is 20.7 Å². The van der Waals surface area contributed by atoms with Gasteiger partial charge < -0.3 is 4.74 Å². The van der Waals surface area contributed by atoms with Crippen molar-refractivity contribution in [3.8, 4) is 0 Å². The summed E-state index contributed by atoms with van der Waals surface area (Å²) in [5, 5.41) is -0.464. The number of fused-ring (bicyclic) bond motifs is 1. The van der Waals surface area contributed by atoms with Crippen molar-refractivity contribution in [2.45, 2.75) is 63.5 Å². The predicted molar refractivity (Wildman–Crippen MR) is 84.2 cm³/mol. The lowest BCUT2D eigenvalue weighted by Gasteiger charge is -2.24. The first kappa shape index (κ1) is 16.8. The summed E-state index contributed by atoms with van der Waals surface area (Å²) in [6.07, 6.45) is -0.378. The average molecular weight is 325 g/mol. The van der Waals surface area contributed by atoms with Crippen LogP contribution in [0.25, 0.3) is 0 Å². The molecular weight excluding hydrogens is 302 g/mol. The Kier molecular flexibility index (Phi) is 4.26. The second-order valence-corrected chi connectivity index (χ2v) is 9.36. The van der Waals surface area contributed by atoms with E-state index in [2.05, 4.69) is 0 Å². The fourth-order valence-electron chi connectivity index (χ4n) is 2.28. The summed E-state index contributed by atoms with van der Waals surface area (Å²) in [5.74, 6) is 0. The van der Waals surface area contributed by atoms with Gasteiger partial charge >= 0.3 is 6.09 Å². The number of hydrogen-bond donors (Lipinski definition) is 0. The van der Waals surface area contributed by atoms with Gasteiger partial charge in [0.05, 0.1) is 10.1 Å². The van der Waals surface area contributed by atoms with Crippen molar-refractivity contribution >= 4 is 15.9 Å². The molecule has 0 unspecified atom stereocenters. The van der Waals surface area contributed by atoms with Crippen LogP contribution < -0.4 is 0 Å². The smallest absolute Gasteiger partial charge is 0.410 e. The second kappa shape index (κ2) is 5.57. The van der Waals surface area contributed by atoms with Crippen molar-refractivity contribution in [1.29, 1.82) is 0 Å². The van der Waals surface area contributed by atoms with Crippen LogP contribution in [0.5, 0.6) is 0 Å². The highest BCUT2D eigenvalue weighted by atomic mass is 32.2. The number of carbonyl (C=O) groups excluding carboxylic acids is 1. The maximum absolute atomic E-state index is 12.2. The van der Waals surface area contributed by atoms with Gasteiger partial charge in [-0.2, -0.15) is 0 Å². The van der Waals surface area contributed by atoms with Crippen molar-refractivity contribution in [2.75, 3.05) is 0 Å². The molecule has 0 aliphatic carbocycles. The van der Waals surface area contributed by atoms with Crippen molar-refractivity contribution in [1.82, 2.24) is 4.90 Å². The minimum absolute atomic E-state index is 0.312. The predicted octanol–water partition coefficient (Wildman–Crippen LogP) is 3.12. The van der Waals surface area contributed by atoms with Crippen LogP contribution >= 0.6 is 0 Å². The molecule has 1 aliphatic rings. The summed E-state index contributed by atoms with van der Waals surface area (Å²) in [6.45, 7) is 9.62. The molecular formula is C16H23NO4S. The fraction of sp³-hybridized carbons (Fsp3) is 0.562. The zero-order valence-electron chi connectivity index (χ0n) is 13.7. The van der Waals surface area contributed by atoms with Crippen molar-refractivity contribution < 1.29 is 17.9 Å². The molecule has 22 heavy (non-hydrogen) atoms. The number of hydrogen-bond acceptors (Lipinski definition) is 4. The van der Waals surface area contributed by atoms with Gasteiger partial charge in [-0.15, -0.1) is 0 Å². The van der Waals surface area contributed by atoms with Gasteiger partial charge in [0.1, 0.15) is 5.60 Å². The molecule has 2 rings (SSSR count). The summed E-state index contributed by atoms with van der Waals surface area (Å²) < 4.78 is 29.8. The highest BCUT2D eigenvalue weighted by Crippen LogP contribution is 2.28. The number of amides is 1. The first-order valence-corrected chi connectivity index (χ1v) is 8.89. The highest BCUT2D eigenvalue weighted by molar-refractivity contribution is 7.92. The number of nitrogens with zero attached hydrogens (tertiary/aromatic N) is 1. The first-order valence-electron chi connectivity index (χ1n) is 7.34. The normalized spacial score (nSPS) is 15.1. The molecule has 0 spiro atoms. The maximum Gasteiger partial charge on any atom is 0.410 e. The van der Waals surface area contributed by atoms with E-state index in [0.717, 1.165) is 11.1 Å². The van der Waals surface area contributed by atoms with Gasteiger partial charge in [-0.3, -0.25) is 4.90 Å². The summed E-state index contributed by atoms with van der Waals surface area (Å²) in [7, 11) is -3.30. The average Bonchev–Trinajstić information content (AvgIpc) is 2.79. The Hall–Kier alpha value is -1.56. The van der Waals surface area contributed by atoms with Gasteiger partial charge in [-0.25, -0.2) is 13.2 Å². The van der Waals surface area contributed by atoms with Crippen LogP contribution in [-0.4, -0.2) is 30.3 Å². The van der Waals surface area contributed by atoms with Gasteiger partial charge in [0.25, 0.3) is 0 Å². The molecule has 0 N–H and O–H groups in total. The van der Waals surface area contributed by atoms with Crippen LogP contribution in [-0.2, 0) is 27.7 Å². The third kappa shape index (κ3) is 3.43. The summed E-state index contributed by atoms with van der Waals surface area (Å²) in [5.41, 5.74) is 1.29. The Labute approximate surface area is 132 Å². The summed E-state index contributed by atoms with van der Waals surface area (Å²) in [6, 6.07) is 5.08. The number of rotatable bonds is 2. The quantitative estimate of drug-likeness (QED) is 0.838. The van der Waals surface area contributed by atoms with Crippen LogP contribution in [0.1, 0.15) is 45.7 Å². The molecule has 5 nitrogen and oxygen atoms in total. The Morgan fingerprint density at radius 3 is 2.32 bits per heavy atom. The van der Waals surface area contributed by atoms with Crippen LogP contribution in [0.4, 0.5) is 4.79 Å². The topological polar surface area (TPSA) is 63.7 Å². The second-order valence-electron chi connectivity index (χ2n) is 6.86. The Bertz CT molecular complexity index is 687. The minimum Gasteiger partial charge on any atom is -0.444 e. The third-order valence-electron chi connectivity index (χ3n) is 3.50. The lowest BCUT2D eigenvalue weighted by Crippen LogP contribution is -2.33. The van der Waals surface area contributed by atoms with Crippen molar-refractivity contribution in [3.63, 3.8) is 0 Å². The van der Waals surface area contributed by atoms with E-state index >= 15 is 0 Å². The van der Waals surface area contributed by atoms with Crippen LogP contribution in [0.2, 0.25) is 0 Å². The van der Waals surface area contributed by atoms with Gasteiger partial charge in [-0.1, -0.05) is 6.07 Å². The third-order valence-corrected chi connectivity index (χ3v) is 5.65. The molecule has 6 heteroatoms. The molecule has 1 aromatic carbocycles. The van der Waals surface area contributed by atoms with E-state index in [1.807, 2.05) is 20.8 Å². The fourth-order valence-corrected chi connectivity index (χ4v) is 3.38. The van der Waals surface area contributed by atoms with Crippen molar-refractivity contribution in [3.05, 3.63) is 29.3 Å². The SMILES string of the molecule is CC(C)S(=O)(=O)c1ccc2c(c1)CN(C(=O)OC(C)(C)C)C2. The van der Waals surface area contributed by atoms with Crippen LogP contribution in [0, 0.1) is 0 Å². The lowest BCUT2D eigenvalue weighted by molar-refractivity contribution is 0.0242. The molecule has 1 amide bonds. The first-order chi connectivity index (χ1) is 10.0. The Morgan fingerprint density at radius 1 is 1.18 bits per heavy atom. The number of benzene rings is 1. The molecule has 1 heterocycles. The molecule has 0 atom stereocenters. The van der Waals surface area contributed by atoms with E-state index in [0.29, 0.717) is 18.0 Å². The molecule has 0 aromatic heterocycles.